The van der Waals surface area contributed by atoms with Gasteiger partial charge in [0.05, 0.1) is 0 Å². The molecule has 3 heteroatoms. The lowest BCUT2D eigenvalue weighted by Gasteiger charge is -1.97. The Labute approximate surface area is 88.2 Å². The maximum atomic E-state index is 5.63. The first-order valence-corrected chi connectivity index (χ1v) is 4.67. The van der Waals surface area contributed by atoms with E-state index in [4.69, 9.17) is 4.42 Å². The van der Waals surface area contributed by atoms with E-state index in [0.717, 1.165) is 28.1 Å². The first kappa shape index (κ1) is 9.65. The van der Waals surface area contributed by atoms with Crippen LogP contribution >= 0.6 is 0 Å². The molecule has 0 saturated heterocycles. The highest BCUT2D eigenvalue weighted by Crippen LogP contribution is 2.28. The molecule has 0 spiro atoms. The summed E-state index contributed by atoms with van der Waals surface area (Å²) in [5.74, 6) is 0.808. The predicted octanol–water partition coefficient (Wildman–Crippen LogP) is 3.21. The molecule has 0 aliphatic heterocycles. The van der Waals surface area contributed by atoms with Crippen LogP contribution in [0.15, 0.2) is 23.9 Å². The van der Waals surface area contributed by atoms with Crippen LogP contribution in [0.3, 0.4) is 0 Å². The Kier molecular flexibility index (Phi) is 2.15. The zero-order valence-corrected chi connectivity index (χ0v) is 8.87. The third-order valence-corrected chi connectivity index (χ3v) is 2.30. The van der Waals surface area contributed by atoms with Gasteiger partial charge in [-0.25, -0.2) is 9.97 Å². The standard InChI is InChI=1S/C12H12N2O/c1-5-9-8(4)15-12-10(7(2)3)13-6-14-11(9)12/h5-6H,1-2H2,3-4H3. The van der Waals surface area contributed by atoms with Crippen LogP contribution in [-0.4, -0.2) is 9.97 Å². The number of rotatable bonds is 2. The molecule has 2 heterocycles. The molecule has 0 aromatic carbocycles. The first-order valence-electron chi connectivity index (χ1n) is 4.67. The Balaban J connectivity index is 2.89. The molecular weight excluding hydrogens is 188 g/mol. The third-order valence-electron chi connectivity index (χ3n) is 2.30. The Morgan fingerprint density at radius 3 is 2.80 bits per heavy atom. The lowest BCUT2D eigenvalue weighted by Crippen LogP contribution is -1.88. The average Bonchev–Trinajstić information content (AvgIpc) is 2.52. The van der Waals surface area contributed by atoms with Crippen molar-refractivity contribution < 1.29 is 4.42 Å². The molecule has 15 heavy (non-hydrogen) atoms. The van der Waals surface area contributed by atoms with Crippen molar-refractivity contribution in [1.29, 1.82) is 0 Å². The fourth-order valence-corrected chi connectivity index (χ4v) is 1.58. The van der Waals surface area contributed by atoms with Gasteiger partial charge in [-0.1, -0.05) is 19.2 Å². The van der Waals surface area contributed by atoms with Gasteiger partial charge >= 0.3 is 0 Å². The molecule has 0 radical (unpaired) electrons. The zero-order valence-electron chi connectivity index (χ0n) is 8.87. The van der Waals surface area contributed by atoms with Crippen molar-refractivity contribution in [1.82, 2.24) is 9.97 Å². The number of hydrogen-bond donors (Lipinski definition) is 0. The number of aromatic nitrogens is 2. The first-order chi connectivity index (χ1) is 7.15. The van der Waals surface area contributed by atoms with Crippen LogP contribution in [-0.2, 0) is 0 Å². The molecule has 0 bridgehead atoms. The van der Waals surface area contributed by atoms with Gasteiger partial charge in [0.15, 0.2) is 5.58 Å². The molecule has 0 fully saturated rings. The number of nitrogens with zero attached hydrogens (tertiary/aromatic N) is 2. The molecule has 0 atom stereocenters. The summed E-state index contributed by atoms with van der Waals surface area (Å²) in [5.41, 5.74) is 4.05. The fourth-order valence-electron chi connectivity index (χ4n) is 1.58. The second-order valence-corrected chi connectivity index (χ2v) is 3.46. The van der Waals surface area contributed by atoms with Crippen LogP contribution in [0.1, 0.15) is 23.9 Å². The Morgan fingerprint density at radius 1 is 1.47 bits per heavy atom. The molecule has 0 saturated carbocycles. The maximum absolute atomic E-state index is 5.63. The SMILES string of the molecule is C=Cc1c(C)oc2c(C(=C)C)ncnc12. The van der Waals surface area contributed by atoms with E-state index in [2.05, 4.69) is 23.1 Å². The molecule has 0 aliphatic carbocycles. The Hall–Kier alpha value is -1.90. The van der Waals surface area contributed by atoms with Gasteiger partial charge in [0.25, 0.3) is 0 Å². The monoisotopic (exact) mass is 200 g/mol. The summed E-state index contributed by atoms with van der Waals surface area (Å²) in [6, 6.07) is 0. The van der Waals surface area contributed by atoms with Crippen LogP contribution in [0, 0.1) is 6.92 Å². The minimum Gasteiger partial charge on any atom is -0.457 e. The van der Waals surface area contributed by atoms with Gasteiger partial charge in [-0.15, -0.1) is 0 Å². The van der Waals surface area contributed by atoms with Crippen molar-refractivity contribution in [3.05, 3.63) is 36.5 Å². The van der Waals surface area contributed by atoms with Gasteiger partial charge in [-0.05, 0) is 19.4 Å². The quantitative estimate of drug-likeness (QED) is 0.747. The van der Waals surface area contributed by atoms with E-state index in [0.29, 0.717) is 5.58 Å². The molecule has 0 unspecified atom stereocenters. The van der Waals surface area contributed by atoms with Gasteiger partial charge in [-0.3, -0.25) is 0 Å². The highest BCUT2D eigenvalue weighted by molar-refractivity contribution is 5.90. The van der Waals surface area contributed by atoms with E-state index in [1.165, 1.54) is 6.33 Å². The summed E-state index contributed by atoms with van der Waals surface area (Å²) >= 11 is 0. The largest absolute Gasteiger partial charge is 0.457 e. The summed E-state index contributed by atoms with van der Waals surface area (Å²) in [6.07, 6.45) is 3.27. The van der Waals surface area contributed by atoms with Crippen molar-refractivity contribution in [3.8, 4) is 0 Å². The Morgan fingerprint density at radius 2 is 2.20 bits per heavy atom. The topological polar surface area (TPSA) is 38.9 Å². The van der Waals surface area contributed by atoms with Gasteiger partial charge in [0, 0.05) is 5.56 Å². The van der Waals surface area contributed by atoms with E-state index in [1.807, 2.05) is 13.8 Å². The summed E-state index contributed by atoms with van der Waals surface area (Å²) < 4.78 is 5.63. The van der Waals surface area contributed by atoms with Gasteiger partial charge in [-0.2, -0.15) is 0 Å². The van der Waals surface area contributed by atoms with Gasteiger partial charge in [0.1, 0.15) is 23.3 Å². The van der Waals surface area contributed by atoms with Crippen LogP contribution in [0.2, 0.25) is 0 Å². The van der Waals surface area contributed by atoms with Crippen molar-refractivity contribution in [2.75, 3.05) is 0 Å². The van der Waals surface area contributed by atoms with Crippen molar-refractivity contribution in [2.45, 2.75) is 13.8 Å². The predicted molar refractivity (Wildman–Crippen MR) is 61.3 cm³/mol. The van der Waals surface area contributed by atoms with E-state index in [9.17, 15) is 0 Å². The van der Waals surface area contributed by atoms with Crippen LogP contribution in [0.25, 0.3) is 22.7 Å². The zero-order chi connectivity index (χ0) is 11.0. The van der Waals surface area contributed by atoms with E-state index in [-0.39, 0.29) is 0 Å². The summed E-state index contributed by atoms with van der Waals surface area (Å²) in [6.45, 7) is 11.4. The number of allylic oxidation sites excluding steroid dienone is 1. The second kappa shape index (κ2) is 3.35. The molecular formula is C12H12N2O. The van der Waals surface area contributed by atoms with Crippen LogP contribution < -0.4 is 0 Å². The summed E-state index contributed by atoms with van der Waals surface area (Å²) in [4.78, 5) is 8.36. The van der Waals surface area contributed by atoms with E-state index >= 15 is 0 Å². The normalized spacial score (nSPS) is 10.5. The smallest absolute Gasteiger partial charge is 0.179 e. The van der Waals surface area contributed by atoms with Gasteiger partial charge < -0.3 is 4.42 Å². The molecule has 76 valence electrons. The lowest BCUT2D eigenvalue weighted by atomic mass is 10.2. The highest BCUT2D eigenvalue weighted by Gasteiger charge is 2.14. The Bertz CT molecular complexity index is 552. The molecule has 2 rings (SSSR count). The van der Waals surface area contributed by atoms with E-state index < -0.39 is 0 Å². The second-order valence-electron chi connectivity index (χ2n) is 3.46. The number of hydrogen-bond acceptors (Lipinski definition) is 3. The maximum Gasteiger partial charge on any atom is 0.179 e. The van der Waals surface area contributed by atoms with Crippen molar-refractivity contribution in [3.63, 3.8) is 0 Å². The third kappa shape index (κ3) is 1.36. The number of fused-ring (bicyclic) bond motifs is 1. The number of aryl methyl sites for hydroxylation is 1. The molecule has 2 aromatic rings. The number of furan rings is 1. The minimum absolute atomic E-state index is 0.692. The summed E-state index contributed by atoms with van der Waals surface area (Å²) in [5, 5.41) is 0. The van der Waals surface area contributed by atoms with Gasteiger partial charge in [0.2, 0.25) is 0 Å². The molecule has 2 aromatic heterocycles. The molecule has 0 aliphatic rings. The minimum atomic E-state index is 0.692. The molecule has 0 amide bonds. The van der Waals surface area contributed by atoms with Crippen molar-refractivity contribution in [2.24, 2.45) is 0 Å². The van der Waals surface area contributed by atoms with Crippen LogP contribution in [0.4, 0.5) is 0 Å². The summed E-state index contributed by atoms with van der Waals surface area (Å²) in [7, 11) is 0. The fraction of sp³-hybridized carbons (Fsp3) is 0.167. The van der Waals surface area contributed by atoms with Crippen LogP contribution in [0.5, 0.6) is 0 Å². The highest BCUT2D eigenvalue weighted by atomic mass is 16.3. The average molecular weight is 200 g/mol. The molecule has 3 nitrogen and oxygen atoms in total. The molecule has 0 N–H and O–H groups in total. The lowest BCUT2D eigenvalue weighted by molar-refractivity contribution is 0.574. The van der Waals surface area contributed by atoms with Crippen molar-refractivity contribution >= 4 is 22.7 Å². The van der Waals surface area contributed by atoms with E-state index in [1.54, 1.807) is 6.08 Å².